The Morgan fingerprint density at radius 1 is 1.00 bits per heavy atom. The molecule has 0 bridgehead atoms. The molecule has 6 heteroatoms. The smallest absolute Gasteiger partial charge is 0.274 e. The number of halogens is 2. The van der Waals surface area contributed by atoms with Gasteiger partial charge in [0, 0.05) is 24.8 Å². The first-order valence-corrected chi connectivity index (χ1v) is 8.11. The summed E-state index contributed by atoms with van der Waals surface area (Å²) in [5, 5.41) is 2.51. The lowest BCUT2D eigenvalue weighted by Crippen LogP contribution is -2.24. The summed E-state index contributed by atoms with van der Waals surface area (Å²) in [5.74, 6) is -2.41. The largest absolute Gasteiger partial charge is 0.370 e. The van der Waals surface area contributed by atoms with Crippen molar-refractivity contribution in [1.82, 2.24) is 4.98 Å². The molecule has 0 unspecified atom stereocenters. The number of amides is 1. The van der Waals surface area contributed by atoms with Crippen molar-refractivity contribution in [3.05, 3.63) is 53.9 Å². The van der Waals surface area contributed by atoms with Gasteiger partial charge >= 0.3 is 0 Å². The van der Waals surface area contributed by atoms with Crippen LogP contribution in [0, 0.1) is 11.6 Å². The highest BCUT2D eigenvalue weighted by Crippen LogP contribution is 2.19. The summed E-state index contributed by atoms with van der Waals surface area (Å²) in [4.78, 5) is 18.6. The topological polar surface area (TPSA) is 45.2 Å². The molecule has 1 aromatic carbocycles. The fourth-order valence-electron chi connectivity index (χ4n) is 2.81. The molecule has 1 N–H and O–H groups in total. The van der Waals surface area contributed by atoms with Crippen molar-refractivity contribution in [2.45, 2.75) is 25.7 Å². The maximum atomic E-state index is 13.2. The van der Waals surface area contributed by atoms with Crippen LogP contribution in [0.25, 0.3) is 0 Å². The second-order valence-electron chi connectivity index (χ2n) is 5.89. The SMILES string of the molecule is O=C(Nc1ccc(F)c(F)c1)c1ccc(N2CCCCCC2)cn1. The minimum atomic E-state index is -1.00. The molecule has 1 fully saturated rings. The number of carbonyl (C=O) groups is 1. The van der Waals surface area contributed by atoms with E-state index in [2.05, 4.69) is 15.2 Å². The third-order valence-electron chi connectivity index (χ3n) is 4.13. The Bertz CT molecular complexity index is 711. The van der Waals surface area contributed by atoms with Gasteiger partial charge in [-0.05, 0) is 37.1 Å². The Kier molecular flexibility index (Phi) is 5.03. The predicted octanol–water partition coefficient (Wildman–Crippen LogP) is 3.99. The Labute approximate surface area is 139 Å². The second kappa shape index (κ2) is 7.38. The van der Waals surface area contributed by atoms with Crippen LogP contribution >= 0.6 is 0 Å². The lowest BCUT2D eigenvalue weighted by atomic mass is 10.2. The lowest BCUT2D eigenvalue weighted by molar-refractivity contribution is 0.102. The van der Waals surface area contributed by atoms with Crippen molar-refractivity contribution >= 4 is 17.3 Å². The predicted molar refractivity (Wildman–Crippen MR) is 89.2 cm³/mol. The summed E-state index contributed by atoms with van der Waals surface area (Å²) < 4.78 is 26.1. The zero-order valence-corrected chi connectivity index (χ0v) is 13.3. The van der Waals surface area contributed by atoms with Crippen LogP contribution in [0.5, 0.6) is 0 Å². The molecule has 0 spiro atoms. The molecule has 126 valence electrons. The monoisotopic (exact) mass is 331 g/mol. The fourth-order valence-corrected chi connectivity index (χ4v) is 2.81. The highest BCUT2D eigenvalue weighted by Gasteiger charge is 2.13. The van der Waals surface area contributed by atoms with Crippen LogP contribution in [0.15, 0.2) is 36.5 Å². The number of hydrogen-bond acceptors (Lipinski definition) is 3. The highest BCUT2D eigenvalue weighted by molar-refractivity contribution is 6.02. The van der Waals surface area contributed by atoms with E-state index in [1.807, 2.05) is 6.07 Å². The van der Waals surface area contributed by atoms with E-state index in [1.165, 1.54) is 31.7 Å². The van der Waals surface area contributed by atoms with E-state index in [1.54, 1.807) is 12.3 Å². The summed E-state index contributed by atoms with van der Waals surface area (Å²) >= 11 is 0. The lowest BCUT2D eigenvalue weighted by Gasteiger charge is -2.22. The standard InChI is InChI=1S/C18H19F2N3O/c19-15-7-5-13(11-16(15)20)22-18(24)17-8-6-14(12-21-17)23-9-3-1-2-4-10-23/h5-8,11-12H,1-4,9-10H2,(H,22,24). The number of rotatable bonds is 3. The molecule has 3 rings (SSSR count). The van der Waals surface area contributed by atoms with Gasteiger partial charge in [0.2, 0.25) is 0 Å². The van der Waals surface area contributed by atoms with E-state index in [-0.39, 0.29) is 11.4 Å². The van der Waals surface area contributed by atoms with E-state index in [4.69, 9.17) is 0 Å². The maximum Gasteiger partial charge on any atom is 0.274 e. The molecule has 24 heavy (non-hydrogen) atoms. The van der Waals surface area contributed by atoms with Crippen molar-refractivity contribution in [2.24, 2.45) is 0 Å². The van der Waals surface area contributed by atoms with Gasteiger partial charge in [-0.25, -0.2) is 13.8 Å². The molecule has 0 saturated carbocycles. The van der Waals surface area contributed by atoms with Gasteiger partial charge in [0.05, 0.1) is 11.9 Å². The average Bonchev–Trinajstić information content (AvgIpc) is 2.88. The third-order valence-corrected chi connectivity index (χ3v) is 4.13. The van der Waals surface area contributed by atoms with Gasteiger partial charge in [0.25, 0.3) is 5.91 Å². The van der Waals surface area contributed by atoms with E-state index < -0.39 is 17.5 Å². The quantitative estimate of drug-likeness (QED) is 0.925. The Morgan fingerprint density at radius 2 is 1.75 bits per heavy atom. The van der Waals surface area contributed by atoms with Crippen LogP contribution < -0.4 is 10.2 Å². The normalized spacial score (nSPS) is 15.0. The molecule has 1 saturated heterocycles. The molecule has 4 nitrogen and oxygen atoms in total. The molecular weight excluding hydrogens is 312 g/mol. The third kappa shape index (κ3) is 3.88. The summed E-state index contributed by atoms with van der Waals surface area (Å²) in [6.45, 7) is 2.00. The molecular formula is C18H19F2N3O. The second-order valence-corrected chi connectivity index (χ2v) is 5.89. The van der Waals surface area contributed by atoms with Gasteiger partial charge in [0.1, 0.15) is 5.69 Å². The number of hydrogen-bond donors (Lipinski definition) is 1. The van der Waals surface area contributed by atoms with E-state index >= 15 is 0 Å². The molecule has 0 radical (unpaired) electrons. The first-order valence-electron chi connectivity index (χ1n) is 8.11. The number of carbonyl (C=O) groups excluding carboxylic acids is 1. The number of anilines is 2. The van der Waals surface area contributed by atoms with Crippen LogP contribution in [-0.4, -0.2) is 24.0 Å². The molecule has 1 aliphatic rings. The van der Waals surface area contributed by atoms with Gasteiger partial charge in [-0.3, -0.25) is 4.79 Å². The van der Waals surface area contributed by atoms with Crippen LogP contribution in [0.3, 0.4) is 0 Å². The Hall–Kier alpha value is -2.50. The zero-order valence-electron chi connectivity index (χ0n) is 13.3. The number of aromatic nitrogens is 1. The number of benzene rings is 1. The van der Waals surface area contributed by atoms with Crippen molar-refractivity contribution in [3.8, 4) is 0 Å². The molecule has 0 atom stereocenters. The summed E-state index contributed by atoms with van der Waals surface area (Å²) in [5.41, 5.74) is 1.43. The van der Waals surface area contributed by atoms with Crippen LogP contribution in [-0.2, 0) is 0 Å². The highest BCUT2D eigenvalue weighted by atomic mass is 19.2. The summed E-state index contributed by atoms with van der Waals surface area (Å²) in [6, 6.07) is 6.75. The first-order chi connectivity index (χ1) is 11.6. The van der Waals surface area contributed by atoms with Gasteiger partial charge in [-0.2, -0.15) is 0 Å². The van der Waals surface area contributed by atoms with Crippen molar-refractivity contribution in [2.75, 3.05) is 23.3 Å². The zero-order chi connectivity index (χ0) is 16.9. The number of nitrogens with zero attached hydrogens (tertiary/aromatic N) is 2. The van der Waals surface area contributed by atoms with Crippen molar-refractivity contribution in [1.29, 1.82) is 0 Å². The summed E-state index contributed by atoms with van der Waals surface area (Å²) in [7, 11) is 0. The van der Waals surface area contributed by atoms with Crippen LogP contribution in [0.1, 0.15) is 36.2 Å². The molecule has 2 heterocycles. The molecule has 2 aromatic rings. The van der Waals surface area contributed by atoms with Crippen LogP contribution in [0.4, 0.5) is 20.2 Å². The number of pyridine rings is 1. The van der Waals surface area contributed by atoms with E-state index in [0.29, 0.717) is 0 Å². The van der Waals surface area contributed by atoms with Gasteiger partial charge in [0.15, 0.2) is 11.6 Å². The Balaban J connectivity index is 1.68. The van der Waals surface area contributed by atoms with E-state index in [9.17, 15) is 13.6 Å². The first kappa shape index (κ1) is 16.4. The molecule has 1 aliphatic heterocycles. The fraction of sp³-hybridized carbons (Fsp3) is 0.333. The number of nitrogens with one attached hydrogen (secondary N) is 1. The minimum absolute atomic E-state index is 0.192. The van der Waals surface area contributed by atoms with Gasteiger partial charge in [-0.15, -0.1) is 0 Å². The maximum absolute atomic E-state index is 13.2. The van der Waals surface area contributed by atoms with Crippen molar-refractivity contribution < 1.29 is 13.6 Å². The Morgan fingerprint density at radius 3 is 2.38 bits per heavy atom. The summed E-state index contributed by atoms with van der Waals surface area (Å²) in [6.07, 6.45) is 6.51. The average molecular weight is 331 g/mol. The van der Waals surface area contributed by atoms with Gasteiger partial charge < -0.3 is 10.2 Å². The van der Waals surface area contributed by atoms with Gasteiger partial charge in [-0.1, -0.05) is 12.8 Å². The van der Waals surface area contributed by atoms with Crippen molar-refractivity contribution in [3.63, 3.8) is 0 Å². The minimum Gasteiger partial charge on any atom is -0.370 e. The molecule has 0 aliphatic carbocycles. The molecule has 1 aromatic heterocycles. The van der Waals surface area contributed by atoms with Crippen LogP contribution in [0.2, 0.25) is 0 Å². The molecule has 1 amide bonds. The van der Waals surface area contributed by atoms with E-state index in [0.717, 1.165) is 30.9 Å².